The van der Waals surface area contributed by atoms with E-state index < -0.39 is 5.69 Å². The number of nitrogens with zero attached hydrogens (tertiary/aromatic N) is 1. The van der Waals surface area contributed by atoms with Crippen LogP contribution in [0.15, 0.2) is 65.5 Å². The molecule has 2 N–H and O–H groups in total. The van der Waals surface area contributed by atoms with E-state index in [9.17, 15) is 9.59 Å². The summed E-state index contributed by atoms with van der Waals surface area (Å²) >= 11 is 0. The first-order valence-corrected chi connectivity index (χ1v) is 7.17. The van der Waals surface area contributed by atoms with Crippen molar-refractivity contribution in [3.8, 4) is 11.3 Å². The summed E-state index contributed by atoms with van der Waals surface area (Å²) in [7, 11) is 0. The maximum Gasteiger partial charge on any atom is 0.346 e. The minimum absolute atomic E-state index is 0.173. The Morgan fingerprint density at radius 3 is 2.48 bits per heavy atom. The van der Waals surface area contributed by atoms with Gasteiger partial charge < -0.3 is 10.3 Å². The van der Waals surface area contributed by atoms with Crippen molar-refractivity contribution in [3.05, 3.63) is 82.4 Å². The Kier molecular flexibility index (Phi) is 4.01. The first kappa shape index (κ1) is 14.7. The quantitative estimate of drug-likeness (QED) is 0.781. The number of carbonyl (C=O) groups is 1. The van der Waals surface area contributed by atoms with Crippen LogP contribution in [0, 0.1) is 6.92 Å². The van der Waals surface area contributed by atoms with Crippen molar-refractivity contribution >= 4 is 11.6 Å². The van der Waals surface area contributed by atoms with Gasteiger partial charge in [-0.25, -0.2) is 4.79 Å². The van der Waals surface area contributed by atoms with Gasteiger partial charge in [-0.2, -0.15) is 4.98 Å². The van der Waals surface area contributed by atoms with Crippen molar-refractivity contribution in [3.63, 3.8) is 0 Å². The van der Waals surface area contributed by atoms with Crippen molar-refractivity contribution in [2.45, 2.75) is 6.92 Å². The molecule has 5 nitrogen and oxygen atoms in total. The summed E-state index contributed by atoms with van der Waals surface area (Å²) in [6.07, 6.45) is 0. The van der Waals surface area contributed by atoms with Crippen LogP contribution >= 0.6 is 0 Å². The van der Waals surface area contributed by atoms with Gasteiger partial charge in [0, 0.05) is 11.3 Å². The number of benzene rings is 2. The second-order valence-corrected chi connectivity index (χ2v) is 5.12. The second kappa shape index (κ2) is 6.27. The molecular formula is C18H15N3O2. The lowest BCUT2D eigenvalue weighted by Crippen LogP contribution is -2.21. The molecule has 0 aliphatic carbocycles. The summed E-state index contributed by atoms with van der Waals surface area (Å²) in [5, 5.41) is 2.80. The highest BCUT2D eigenvalue weighted by Crippen LogP contribution is 2.17. The molecule has 0 atom stereocenters. The van der Waals surface area contributed by atoms with E-state index in [2.05, 4.69) is 15.3 Å². The predicted octanol–water partition coefficient (Wildman–Crippen LogP) is 3.00. The molecule has 0 aliphatic rings. The van der Waals surface area contributed by atoms with Crippen molar-refractivity contribution in [2.75, 3.05) is 5.32 Å². The number of aryl methyl sites for hydroxylation is 1. The van der Waals surface area contributed by atoms with E-state index in [1.54, 1.807) is 6.07 Å². The van der Waals surface area contributed by atoms with Gasteiger partial charge in [-0.3, -0.25) is 4.79 Å². The molecule has 2 aromatic carbocycles. The number of hydrogen-bond donors (Lipinski definition) is 2. The zero-order valence-corrected chi connectivity index (χ0v) is 12.5. The standard InChI is InChI=1S/C18H15N3O2/c1-12-7-5-6-10-14(12)19-17(22)16-11-15(20-18(23)21-16)13-8-3-2-4-9-13/h2-11H,1H3,(H,19,22)(H,20,21,23). The summed E-state index contributed by atoms with van der Waals surface area (Å²) < 4.78 is 0. The molecule has 0 bridgehead atoms. The zero-order valence-electron chi connectivity index (χ0n) is 12.5. The lowest BCUT2D eigenvalue weighted by Gasteiger charge is -2.08. The molecule has 23 heavy (non-hydrogen) atoms. The summed E-state index contributed by atoms with van der Waals surface area (Å²) in [5.74, 6) is -0.379. The first-order valence-electron chi connectivity index (χ1n) is 7.17. The Bertz CT molecular complexity index is 901. The Balaban J connectivity index is 1.94. The molecule has 5 heteroatoms. The highest BCUT2D eigenvalue weighted by Gasteiger charge is 2.11. The van der Waals surface area contributed by atoms with Gasteiger partial charge in [0.1, 0.15) is 5.69 Å². The van der Waals surface area contributed by atoms with Crippen LogP contribution in [0.5, 0.6) is 0 Å². The van der Waals surface area contributed by atoms with E-state index in [-0.39, 0.29) is 11.6 Å². The third-order valence-corrected chi connectivity index (χ3v) is 3.45. The number of aromatic amines is 1. The topological polar surface area (TPSA) is 74.8 Å². The maximum absolute atomic E-state index is 12.4. The van der Waals surface area contributed by atoms with Gasteiger partial charge in [-0.05, 0) is 24.6 Å². The highest BCUT2D eigenvalue weighted by atomic mass is 16.2. The fraction of sp³-hybridized carbons (Fsp3) is 0.0556. The van der Waals surface area contributed by atoms with Crippen molar-refractivity contribution < 1.29 is 4.79 Å². The monoisotopic (exact) mass is 305 g/mol. The van der Waals surface area contributed by atoms with E-state index in [0.717, 1.165) is 11.1 Å². The summed E-state index contributed by atoms with van der Waals surface area (Å²) in [5.41, 5.74) is 2.51. The number of amides is 1. The molecule has 0 saturated carbocycles. The number of nitrogens with one attached hydrogen (secondary N) is 2. The van der Waals surface area contributed by atoms with Gasteiger partial charge in [0.25, 0.3) is 5.91 Å². The van der Waals surface area contributed by atoms with E-state index in [0.29, 0.717) is 11.4 Å². The largest absolute Gasteiger partial charge is 0.346 e. The van der Waals surface area contributed by atoms with Crippen LogP contribution < -0.4 is 11.0 Å². The molecule has 1 aromatic heterocycles. The molecule has 0 unspecified atom stereocenters. The van der Waals surface area contributed by atoms with Gasteiger partial charge >= 0.3 is 5.69 Å². The smallest absolute Gasteiger partial charge is 0.320 e. The average molecular weight is 305 g/mol. The van der Waals surface area contributed by atoms with E-state index >= 15 is 0 Å². The average Bonchev–Trinajstić information content (AvgIpc) is 2.57. The fourth-order valence-corrected chi connectivity index (χ4v) is 2.24. The molecule has 3 aromatic rings. The van der Waals surface area contributed by atoms with Crippen molar-refractivity contribution in [1.29, 1.82) is 0 Å². The predicted molar refractivity (Wildman–Crippen MR) is 89.4 cm³/mol. The Morgan fingerprint density at radius 2 is 1.74 bits per heavy atom. The molecule has 0 aliphatic heterocycles. The number of rotatable bonds is 3. The van der Waals surface area contributed by atoms with E-state index in [1.807, 2.05) is 61.5 Å². The van der Waals surface area contributed by atoms with Crippen LogP contribution in [-0.2, 0) is 0 Å². The third-order valence-electron chi connectivity index (χ3n) is 3.45. The van der Waals surface area contributed by atoms with E-state index in [1.165, 1.54) is 0 Å². The van der Waals surface area contributed by atoms with Crippen LogP contribution in [0.3, 0.4) is 0 Å². The first-order chi connectivity index (χ1) is 11.1. The second-order valence-electron chi connectivity index (χ2n) is 5.12. The number of aromatic nitrogens is 2. The lowest BCUT2D eigenvalue weighted by molar-refractivity contribution is 0.102. The number of hydrogen-bond acceptors (Lipinski definition) is 3. The van der Waals surface area contributed by atoms with Gasteiger partial charge in [-0.15, -0.1) is 0 Å². The van der Waals surface area contributed by atoms with Crippen LogP contribution in [-0.4, -0.2) is 15.9 Å². The number of carbonyl (C=O) groups excluding carboxylic acids is 1. The third kappa shape index (κ3) is 3.35. The summed E-state index contributed by atoms with van der Waals surface area (Å²) in [4.78, 5) is 30.6. The molecule has 114 valence electrons. The number of H-pyrrole nitrogens is 1. The van der Waals surface area contributed by atoms with Crippen LogP contribution in [0.2, 0.25) is 0 Å². The Morgan fingerprint density at radius 1 is 1.04 bits per heavy atom. The minimum Gasteiger partial charge on any atom is -0.320 e. The SMILES string of the molecule is Cc1ccccc1NC(=O)c1cc(-c2ccccc2)nc(=O)[nH]1. The highest BCUT2D eigenvalue weighted by molar-refractivity contribution is 6.03. The van der Waals surface area contributed by atoms with Gasteiger partial charge in [0.15, 0.2) is 0 Å². The molecule has 3 rings (SSSR count). The Hall–Kier alpha value is -3.21. The molecule has 0 fully saturated rings. The van der Waals surface area contributed by atoms with Crippen LogP contribution in [0.1, 0.15) is 16.1 Å². The normalized spacial score (nSPS) is 10.3. The van der Waals surface area contributed by atoms with Gasteiger partial charge in [-0.1, -0.05) is 48.5 Å². The molecular weight excluding hydrogens is 290 g/mol. The molecule has 0 radical (unpaired) electrons. The Labute approximate surface area is 133 Å². The molecule has 0 saturated heterocycles. The lowest BCUT2D eigenvalue weighted by atomic mass is 10.1. The summed E-state index contributed by atoms with van der Waals surface area (Å²) in [6.45, 7) is 1.90. The molecule has 1 heterocycles. The van der Waals surface area contributed by atoms with E-state index in [4.69, 9.17) is 0 Å². The molecule has 1 amide bonds. The van der Waals surface area contributed by atoms with Gasteiger partial charge in [0.05, 0.1) is 5.69 Å². The summed E-state index contributed by atoms with van der Waals surface area (Å²) in [6, 6.07) is 18.3. The minimum atomic E-state index is -0.554. The zero-order chi connectivity index (χ0) is 16.2. The van der Waals surface area contributed by atoms with Gasteiger partial charge in [0.2, 0.25) is 0 Å². The fourth-order valence-electron chi connectivity index (χ4n) is 2.24. The maximum atomic E-state index is 12.4. The van der Waals surface area contributed by atoms with Crippen LogP contribution in [0.25, 0.3) is 11.3 Å². The van der Waals surface area contributed by atoms with Crippen molar-refractivity contribution in [2.24, 2.45) is 0 Å². The molecule has 0 spiro atoms. The number of para-hydroxylation sites is 1. The van der Waals surface area contributed by atoms with Crippen LogP contribution in [0.4, 0.5) is 5.69 Å². The van der Waals surface area contributed by atoms with Crippen molar-refractivity contribution in [1.82, 2.24) is 9.97 Å². The number of anilines is 1.